The van der Waals surface area contributed by atoms with E-state index in [0.29, 0.717) is 12.5 Å². The SMILES string of the molecule is NC(c1sccc1Br)C1COc2ccccc2C1. The average molecular weight is 324 g/mol. The van der Waals surface area contributed by atoms with Crippen molar-refractivity contribution < 1.29 is 4.74 Å². The van der Waals surface area contributed by atoms with Gasteiger partial charge in [-0.3, -0.25) is 0 Å². The van der Waals surface area contributed by atoms with E-state index < -0.39 is 0 Å². The zero-order valence-electron chi connectivity index (χ0n) is 9.80. The smallest absolute Gasteiger partial charge is 0.122 e. The Labute approximate surface area is 119 Å². The Morgan fingerprint density at radius 1 is 1.33 bits per heavy atom. The molecule has 0 amide bonds. The third-order valence-corrected chi connectivity index (χ3v) is 5.34. The van der Waals surface area contributed by atoms with Gasteiger partial charge in [-0.15, -0.1) is 11.3 Å². The van der Waals surface area contributed by atoms with Crippen molar-refractivity contribution >= 4 is 27.3 Å². The van der Waals surface area contributed by atoms with Crippen molar-refractivity contribution in [3.05, 3.63) is 50.6 Å². The molecule has 0 saturated carbocycles. The Hall–Kier alpha value is -0.840. The molecular formula is C14H14BrNOS. The van der Waals surface area contributed by atoms with Gasteiger partial charge in [-0.1, -0.05) is 18.2 Å². The van der Waals surface area contributed by atoms with E-state index >= 15 is 0 Å². The lowest BCUT2D eigenvalue weighted by atomic mass is 9.90. The van der Waals surface area contributed by atoms with Crippen molar-refractivity contribution in [1.82, 2.24) is 0 Å². The van der Waals surface area contributed by atoms with Gasteiger partial charge in [0.25, 0.3) is 0 Å². The molecule has 2 nitrogen and oxygen atoms in total. The van der Waals surface area contributed by atoms with Gasteiger partial charge in [-0.05, 0) is 45.4 Å². The van der Waals surface area contributed by atoms with Gasteiger partial charge in [0.1, 0.15) is 5.75 Å². The first kappa shape index (κ1) is 12.2. The molecule has 94 valence electrons. The fourth-order valence-electron chi connectivity index (χ4n) is 2.34. The summed E-state index contributed by atoms with van der Waals surface area (Å²) in [5.41, 5.74) is 7.63. The minimum atomic E-state index is 0.0349. The molecule has 1 aliphatic rings. The Morgan fingerprint density at radius 3 is 2.94 bits per heavy atom. The lowest BCUT2D eigenvalue weighted by molar-refractivity contribution is 0.201. The third kappa shape index (κ3) is 2.20. The normalized spacial score (nSPS) is 20.0. The Kier molecular flexibility index (Phi) is 3.41. The standard InChI is InChI=1S/C14H14BrNOS/c15-11-5-6-18-14(11)13(16)10-7-9-3-1-2-4-12(9)17-8-10/h1-6,10,13H,7-8,16H2. The molecule has 0 aliphatic carbocycles. The predicted molar refractivity (Wildman–Crippen MR) is 78.1 cm³/mol. The van der Waals surface area contributed by atoms with Crippen LogP contribution in [0.15, 0.2) is 40.2 Å². The van der Waals surface area contributed by atoms with Crippen LogP contribution in [0.2, 0.25) is 0 Å². The summed E-state index contributed by atoms with van der Waals surface area (Å²) in [4.78, 5) is 1.21. The first-order chi connectivity index (χ1) is 8.75. The number of hydrogen-bond donors (Lipinski definition) is 1. The molecule has 2 unspecified atom stereocenters. The van der Waals surface area contributed by atoms with Gasteiger partial charge in [0.05, 0.1) is 6.61 Å². The number of para-hydroxylation sites is 1. The van der Waals surface area contributed by atoms with E-state index in [-0.39, 0.29) is 6.04 Å². The molecule has 1 aromatic heterocycles. The summed E-state index contributed by atoms with van der Waals surface area (Å²) in [5, 5.41) is 2.07. The number of thiophene rings is 1. The predicted octanol–water partition coefficient (Wildman–Crippen LogP) is 3.76. The fourth-order valence-corrected chi connectivity index (χ4v) is 4.07. The van der Waals surface area contributed by atoms with Gasteiger partial charge in [0, 0.05) is 21.3 Å². The van der Waals surface area contributed by atoms with Crippen LogP contribution in [0.3, 0.4) is 0 Å². The Bertz CT molecular complexity index is 554. The summed E-state index contributed by atoms with van der Waals surface area (Å²) in [5.74, 6) is 1.35. The van der Waals surface area contributed by atoms with Crippen LogP contribution in [-0.2, 0) is 6.42 Å². The third-order valence-electron chi connectivity index (χ3n) is 3.36. The van der Waals surface area contributed by atoms with Gasteiger partial charge < -0.3 is 10.5 Å². The highest BCUT2D eigenvalue weighted by Crippen LogP contribution is 2.36. The van der Waals surface area contributed by atoms with Crippen molar-refractivity contribution in [3.63, 3.8) is 0 Å². The maximum atomic E-state index is 6.37. The zero-order chi connectivity index (χ0) is 12.5. The van der Waals surface area contributed by atoms with Gasteiger partial charge in [0.2, 0.25) is 0 Å². The number of hydrogen-bond acceptors (Lipinski definition) is 3. The number of nitrogens with two attached hydrogens (primary N) is 1. The molecule has 2 N–H and O–H groups in total. The van der Waals surface area contributed by atoms with Crippen molar-refractivity contribution in [3.8, 4) is 5.75 Å². The van der Waals surface area contributed by atoms with Gasteiger partial charge >= 0.3 is 0 Å². The highest BCUT2D eigenvalue weighted by atomic mass is 79.9. The molecule has 18 heavy (non-hydrogen) atoms. The van der Waals surface area contributed by atoms with E-state index in [4.69, 9.17) is 10.5 Å². The number of rotatable bonds is 2. The average Bonchev–Trinajstić information content (AvgIpc) is 2.83. The monoisotopic (exact) mass is 323 g/mol. The molecule has 1 aliphatic heterocycles. The molecular weight excluding hydrogens is 310 g/mol. The summed E-state index contributed by atoms with van der Waals surface area (Å²) in [6.45, 7) is 0.697. The first-order valence-electron chi connectivity index (χ1n) is 5.95. The van der Waals surface area contributed by atoms with Crippen molar-refractivity contribution in [1.29, 1.82) is 0 Å². The van der Waals surface area contributed by atoms with Crippen LogP contribution in [0.25, 0.3) is 0 Å². The van der Waals surface area contributed by atoms with E-state index in [1.54, 1.807) is 11.3 Å². The molecule has 0 spiro atoms. The molecule has 2 heterocycles. The molecule has 4 heteroatoms. The number of halogens is 1. The highest BCUT2D eigenvalue weighted by molar-refractivity contribution is 9.10. The molecule has 0 fully saturated rings. The van der Waals surface area contributed by atoms with Crippen LogP contribution in [0.4, 0.5) is 0 Å². The van der Waals surface area contributed by atoms with Gasteiger partial charge in [0.15, 0.2) is 0 Å². The molecule has 0 bridgehead atoms. The van der Waals surface area contributed by atoms with Crippen LogP contribution >= 0.6 is 27.3 Å². The summed E-state index contributed by atoms with van der Waals surface area (Å²) in [6.07, 6.45) is 0.988. The number of fused-ring (bicyclic) bond motifs is 1. The molecule has 2 aromatic rings. The van der Waals surface area contributed by atoms with E-state index in [0.717, 1.165) is 16.6 Å². The summed E-state index contributed by atoms with van der Waals surface area (Å²) in [7, 11) is 0. The van der Waals surface area contributed by atoms with Gasteiger partial charge in [-0.25, -0.2) is 0 Å². The number of benzene rings is 1. The Balaban J connectivity index is 1.82. The summed E-state index contributed by atoms with van der Waals surface area (Å²) < 4.78 is 6.91. The van der Waals surface area contributed by atoms with E-state index in [1.165, 1.54) is 10.4 Å². The van der Waals surface area contributed by atoms with E-state index in [1.807, 2.05) is 12.1 Å². The van der Waals surface area contributed by atoms with Gasteiger partial charge in [-0.2, -0.15) is 0 Å². The van der Waals surface area contributed by atoms with Crippen molar-refractivity contribution in [2.75, 3.05) is 6.61 Å². The molecule has 0 saturated heterocycles. The zero-order valence-corrected chi connectivity index (χ0v) is 12.2. The second-order valence-corrected chi connectivity index (χ2v) is 6.34. The lowest BCUT2D eigenvalue weighted by Crippen LogP contribution is -2.31. The highest BCUT2D eigenvalue weighted by Gasteiger charge is 2.27. The van der Waals surface area contributed by atoms with E-state index in [9.17, 15) is 0 Å². The second kappa shape index (κ2) is 5.03. The summed E-state index contributed by atoms with van der Waals surface area (Å²) in [6, 6.07) is 10.3. The minimum Gasteiger partial charge on any atom is -0.493 e. The fraction of sp³-hybridized carbons (Fsp3) is 0.286. The van der Waals surface area contributed by atoms with Crippen molar-refractivity contribution in [2.45, 2.75) is 12.5 Å². The molecule has 1 aromatic carbocycles. The quantitative estimate of drug-likeness (QED) is 0.913. The topological polar surface area (TPSA) is 35.2 Å². The Morgan fingerprint density at radius 2 is 2.17 bits per heavy atom. The second-order valence-electron chi connectivity index (χ2n) is 4.54. The lowest BCUT2D eigenvalue weighted by Gasteiger charge is -2.29. The maximum Gasteiger partial charge on any atom is 0.122 e. The first-order valence-corrected chi connectivity index (χ1v) is 7.62. The number of ether oxygens (including phenoxy) is 1. The van der Waals surface area contributed by atoms with Crippen LogP contribution < -0.4 is 10.5 Å². The maximum absolute atomic E-state index is 6.37. The summed E-state index contributed by atoms with van der Waals surface area (Å²) >= 11 is 5.26. The minimum absolute atomic E-state index is 0.0349. The van der Waals surface area contributed by atoms with Crippen LogP contribution in [0, 0.1) is 5.92 Å². The van der Waals surface area contributed by atoms with Crippen LogP contribution in [0.5, 0.6) is 5.75 Å². The molecule has 0 radical (unpaired) electrons. The van der Waals surface area contributed by atoms with E-state index in [2.05, 4.69) is 39.5 Å². The largest absolute Gasteiger partial charge is 0.493 e. The van der Waals surface area contributed by atoms with Crippen molar-refractivity contribution in [2.24, 2.45) is 11.7 Å². The van der Waals surface area contributed by atoms with Crippen LogP contribution in [-0.4, -0.2) is 6.61 Å². The van der Waals surface area contributed by atoms with Crippen LogP contribution in [0.1, 0.15) is 16.5 Å². The molecule has 3 rings (SSSR count). The molecule has 2 atom stereocenters.